The SMILES string of the molecule is C=C1CC[C@H]2C[C@@H]1OOC2(C)CS(=O)c1ccccc1. The average molecular weight is 292 g/mol. The van der Waals surface area contributed by atoms with Crippen molar-refractivity contribution in [3.05, 3.63) is 42.5 Å². The molecule has 3 nitrogen and oxygen atoms in total. The maximum absolute atomic E-state index is 12.5. The van der Waals surface area contributed by atoms with Crippen LogP contribution in [0.25, 0.3) is 0 Å². The van der Waals surface area contributed by atoms with Gasteiger partial charge in [-0.15, -0.1) is 0 Å². The predicted octanol–water partition coefficient (Wildman–Crippen LogP) is 3.24. The highest BCUT2D eigenvalue weighted by molar-refractivity contribution is 7.85. The van der Waals surface area contributed by atoms with Crippen molar-refractivity contribution in [2.45, 2.75) is 42.8 Å². The first-order valence-electron chi connectivity index (χ1n) is 7.04. The molecule has 1 saturated heterocycles. The summed E-state index contributed by atoms with van der Waals surface area (Å²) in [6.07, 6.45) is 2.97. The van der Waals surface area contributed by atoms with Crippen molar-refractivity contribution in [2.24, 2.45) is 5.92 Å². The van der Waals surface area contributed by atoms with Gasteiger partial charge in [0.15, 0.2) is 0 Å². The minimum Gasteiger partial charge on any atom is -0.254 e. The predicted molar refractivity (Wildman–Crippen MR) is 78.6 cm³/mol. The molecule has 2 bridgehead atoms. The van der Waals surface area contributed by atoms with E-state index in [1.165, 1.54) is 0 Å². The third-order valence-corrected chi connectivity index (χ3v) is 6.04. The quantitative estimate of drug-likeness (QED) is 0.634. The summed E-state index contributed by atoms with van der Waals surface area (Å²) in [6, 6.07) is 9.55. The van der Waals surface area contributed by atoms with Crippen molar-refractivity contribution >= 4 is 10.8 Å². The van der Waals surface area contributed by atoms with Crippen molar-refractivity contribution in [1.82, 2.24) is 0 Å². The molecule has 0 amide bonds. The van der Waals surface area contributed by atoms with Crippen molar-refractivity contribution in [2.75, 3.05) is 5.75 Å². The first-order valence-corrected chi connectivity index (χ1v) is 8.36. The maximum atomic E-state index is 12.5. The standard InChI is InChI=1S/C16H20O3S/c1-12-8-9-13-10-15(12)18-19-16(13,2)11-20(17)14-6-4-3-5-7-14/h3-7,13,15H,1,8-11H2,2H3/t13-,15-,16?,20?/m0/s1. The summed E-state index contributed by atoms with van der Waals surface area (Å²) in [5.74, 6) is 0.861. The van der Waals surface area contributed by atoms with E-state index in [1.54, 1.807) is 0 Å². The number of hydrogen-bond acceptors (Lipinski definition) is 3. The van der Waals surface area contributed by atoms with Crippen LogP contribution in [0.15, 0.2) is 47.4 Å². The lowest BCUT2D eigenvalue weighted by atomic mass is 9.75. The van der Waals surface area contributed by atoms with E-state index in [-0.39, 0.29) is 6.10 Å². The Bertz CT molecular complexity index is 528. The van der Waals surface area contributed by atoms with Crippen LogP contribution in [0, 0.1) is 5.92 Å². The van der Waals surface area contributed by atoms with Crippen LogP contribution in [0.2, 0.25) is 0 Å². The highest BCUT2D eigenvalue weighted by Gasteiger charge is 2.46. The summed E-state index contributed by atoms with van der Waals surface area (Å²) in [7, 11) is -1.07. The molecular weight excluding hydrogens is 272 g/mol. The molecule has 3 rings (SSSR count). The second-order valence-electron chi connectivity index (χ2n) is 5.91. The van der Waals surface area contributed by atoms with Gasteiger partial charge in [0.25, 0.3) is 0 Å². The summed E-state index contributed by atoms with van der Waals surface area (Å²) < 4.78 is 12.5. The van der Waals surface area contributed by atoms with E-state index in [0.717, 1.165) is 29.7 Å². The van der Waals surface area contributed by atoms with Crippen LogP contribution in [-0.2, 0) is 20.6 Å². The zero-order valence-electron chi connectivity index (χ0n) is 11.7. The van der Waals surface area contributed by atoms with Gasteiger partial charge in [0, 0.05) is 4.90 Å². The van der Waals surface area contributed by atoms with Gasteiger partial charge in [-0.25, -0.2) is 9.78 Å². The Hall–Kier alpha value is -0.970. The Morgan fingerprint density at radius 3 is 2.90 bits per heavy atom. The molecule has 4 heteroatoms. The largest absolute Gasteiger partial charge is 0.254 e. The van der Waals surface area contributed by atoms with E-state index in [2.05, 4.69) is 6.58 Å². The fraction of sp³-hybridized carbons (Fsp3) is 0.500. The normalized spacial score (nSPS) is 34.8. The average Bonchev–Trinajstić information content (AvgIpc) is 2.47. The van der Waals surface area contributed by atoms with Crippen molar-refractivity contribution < 1.29 is 14.0 Å². The fourth-order valence-electron chi connectivity index (χ4n) is 3.02. The molecule has 20 heavy (non-hydrogen) atoms. The van der Waals surface area contributed by atoms with E-state index in [1.807, 2.05) is 37.3 Å². The summed E-state index contributed by atoms with van der Waals surface area (Å²) in [5, 5.41) is 0. The van der Waals surface area contributed by atoms with Gasteiger partial charge in [-0.2, -0.15) is 0 Å². The lowest BCUT2D eigenvalue weighted by Crippen LogP contribution is -2.51. The second kappa shape index (κ2) is 5.43. The van der Waals surface area contributed by atoms with E-state index < -0.39 is 16.4 Å². The molecular formula is C16H20O3S. The fourth-order valence-corrected chi connectivity index (χ4v) is 4.45. The van der Waals surface area contributed by atoms with Gasteiger partial charge in [0.2, 0.25) is 0 Å². The Labute approximate surface area is 122 Å². The summed E-state index contributed by atoms with van der Waals surface area (Å²) >= 11 is 0. The summed E-state index contributed by atoms with van der Waals surface area (Å²) in [6.45, 7) is 6.04. The van der Waals surface area contributed by atoms with Crippen LogP contribution < -0.4 is 0 Å². The zero-order valence-corrected chi connectivity index (χ0v) is 12.5. The van der Waals surface area contributed by atoms with Crippen LogP contribution in [0.3, 0.4) is 0 Å². The topological polar surface area (TPSA) is 35.5 Å². The zero-order chi connectivity index (χ0) is 14.2. The van der Waals surface area contributed by atoms with Gasteiger partial charge in [0.05, 0.1) is 16.6 Å². The molecule has 1 saturated carbocycles. The van der Waals surface area contributed by atoms with E-state index >= 15 is 0 Å². The van der Waals surface area contributed by atoms with Crippen LogP contribution in [-0.4, -0.2) is 21.7 Å². The Balaban J connectivity index is 1.73. The molecule has 1 aliphatic carbocycles. The highest BCUT2D eigenvalue weighted by atomic mass is 32.2. The van der Waals surface area contributed by atoms with Gasteiger partial charge in [-0.1, -0.05) is 24.8 Å². The van der Waals surface area contributed by atoms with Gasteiger partial charge in [0.1, 0.15) is 11.7 Å². The van der Waals surface area contributed by atoms with Gasteiger partial charge < -0.3 is 0 Å². The molecule has 0 N–H and O–H groups in total. The first kappa shape index (κ1) is 14.0. The van der Waals surface area contributed by atoms with Crippen LogP contribution in [0.1, 0.15) is 26.2 Å². The summed E-state index contributed by atoms with van der Waals surface area (Å²) in [5.41, 5.74) is 0.644. The molecule has 108 valence electrons. The van der Waals surface area contributed by atoms with E-state index in [0.29, 0.717) is 11.7 Å². The van der Waals surface area contributed by atoms with Crippen molar-refractivity contribution in [3.63, 3.8) is 0 Å². The first-order chi connectivity index (χ1) is 9.58. The molecule has 2 fully saturated rings. The molecule has 1 aliphatic heterocycles. The molecule has 0 radical (unpaired) electrons. The van der Waals surface area contributed by atoms with Crippen LogP contribution in [0.5, 0.6) is 0 Å². The lowest BCUT2D eigenvalue weighted by Gasteiger charge is -2.46. The molecule has 0 aromatic heterocycles. The maximum Gasteiger partial charge on any atom is 0.115 e. The van der Waals surface area contributed by atoms with E-state index in [4.69, 9.17) is 9.78 Å². The van der Waals surface area contributed by atoms with Crippen molar-refractivity contribution in [1.29, 1.82) is 0 Å². The molecule has 1 heterocycles. The Morgan fingerprint density at radius 1 is 1.40 bits per heavy atom. The van der Waals surface area contributed by atoms with Gasteiger partial charge in [-0.05, 0) is 49.8 Å². The minimum absolute atomic E-state index is 0.0204. The number of hydrogen-bond donors (Lipinski definition) is 0. The van der Waals surface area contributed by atoms with Gasteiger partial charge >= 0.3 is 0 Å². The number of rotatable bonds is 3. The molecule has 2 unspecified atom stereocenters. The second-order valence-corrected chi connectivity index (χ2v) is 7.36. The van der Waals surface area contributed by atoms with Gasteiger partial charge in [-0.3, -0.25) is 4.21 Å². The smallest absolute Gasteiger partial charge is 0.115 e. The number of fused-ring (bicyclic) bond motifs is 2. The monoisotopic (exact) mass is 292 g/mol. The molecule has 2 aliphatic rings. The van der Waals surface area contributed by atoms with Crippen LogP contribution in [0.4, 0.5) is 0 Å². The van der Waals surface area contributed by atoms with Crippen LogP contribution >= 0.6 is 0 Å². The number of benzene rings is 1. The van der Waals surface area contributed by atoms with Crippen molar-refractivity contribution in [3.8, 4) is 0 Å². The molecule has 1 aromatic rings. The Kier molecular flexibility index (Phi) is 3.80. The molecule has 0 spiro atoms. The highest BCUT2D eigenvalue weighted by Crippen LogP contribution is 2.43. The molecule has 4 atom stereocenters. The van der Waals surface area contributed by atoms with E-state index in [9.17, 15) is 4.21 Å². The third kappa shape index (κ3) is 2.60. The minimum atomic E-state index is -1.07. The Morgan fingerprint density at radius 2 is 2.15 bits per heavy atom. The molecule has 1 aromatic carbocycles. The third-order valence-electron chi connectivity index (χ3n) is 4.41. The lowest BCUT2D eigenvalue weighted by molar-refractivity contribution is -0.411. The summed E-state index contributed by atoms with van der Waals surface area (Å²) in [4.78, 5) is 12.0.